The van der Waals surface area contributed by atoms with Crippen molar-refractivity contribution >= 4 is 0 Å². The SMILES string of the molecule is CC1COCCC1NC1CCCC1. The summed E-state index contributed by atoms with van der Waals surface area (Å²) in [6.07, 6.45) is 6.84. The fourth-order valence-corrected chi connectivity index (χ4v) is 2.52. The third kappa shape index (κ3) is 2.44. The van der Waals surface area contributed by atoms with Crippen LogP contribution in [0.4, 0.5) is 0 Å². The third-order valence-electron chi connectivity index (χ3n) is 3.45. The Kier molecular flexibility index (Phi) is 3.23. The van der Waals surface area contributed by atoms with Crippen molar-refractivity contribution in [1.29, 1.82) is 0 Å². The van der Waals surface area contributed by atoms with Gasteiger partial charge in [-0.3, -0.25) is 0 Å². The molecule has 1 N–H and O–H groups in total. The zero-order valence-electron chi connectivity index (χ0n) is 8.59. The van der Waals surface area contributed by atoms with Crippen molar-refractivity contribution < 1.29 is 4.74 Å². The van der Waals surface area contributed by atoms with Crippen LogP contribution in [0.1, 0.15) is 39.0 Å². The summed E-state index contributed by atoms with van der Waals surface area (Å²) in [7, 11) is 0. The second-order valence-electron chi connectivity index (χ2n) is 4.60. The van der Waals surface area contributed by atoms with Gasteiger partial charge in [-0.1, -0.05) is 19.8 Å². The van der Waals surface area contributed by atoms with Crippen LogP contribution in [-0.4, -0.2) is 25.3 Å². The molecule has 0 radical (unpaired) electrons. The molecule has 1 saturated carbocycles. The first-order valence-electron chi connectivity index (χ1n) is 5.70. The summed E-state index contributed by atoms with van der Waals surface area (Å²) in [5.74, 6) is 0.703. The van der Waals surface area contributed by atoms with Crippen molar-refractivity contribution in [3.63, 3.8) is 0 Å². The molecule has 2 fully saturated rings. The lowest BCUT2D eigenvalue weighted by Crippen LogP contribution is -2.45. The summed E-state index contributed by atoms with van der Waals surface area (Å²) < 4.78 is 5.44. The van der Waals surface area contributed by atoms with Crippen LogP contribution in [-0.2, 0) is 4.74 Å². The maximum absolute atomic E-state index is 5.44. The molecule has 0 aromatic heterocycles. The van der Waals surface area contributed by atoms with Crippen LogP contribution < -0.4 is 5.32 Å². The number of nitrogens with one attached hydrogen (secondary N) is 1. The van der Waals surface area contributed by atoms with Gasteiger partial charge in [-0.05, 0) is 25.2 Å². The van der Waals surface area contributed by atoms with Gasteiger partial charge in [0.15, 0.2) is 0 Å². The van der Waals surface area contributed by atoms with E-state index in [1.165, 1.54) is 32.1 Å². The van der Waals surface area contributed by atoms with Gasteiger partial charge in [0.1, 0.15) is 0 Å². The monoisotopic (exact) mass is 183 g/mol. The van der Waals surface area contributed by atoms with E-state index in [1.807, 2.05) is 0 Å². The van der Waals surface area contributed by atoms with Gasteiger partial charge in [-0.15, -0.1) is 0 Å². The van der Waals surface area contributed by atoms with Crippen molar-refractivity contribution in [2.45, 2.75) is 51.1 Å². The fourth-order valence-electron chi connectivity index (χ4n) is 2.52. The van der Waals surface area contributed by atoms with Crippen molar-refractivity contribution in [3.05, 3.63) is 0 Å². The van der Waals surface area contributed by atoms with E-state index in [0.717, 1.165) is 25.3 Å². The second kappa shape index (κ2) is 4.43. The molecule has 0 aromatic rings. The van der Waals surface area contributed by atoms with Gasteiger partial charge in [0, 0.05) is 18.7 Å². The summed E-state index contributed by atoms with van der Waals surface area (Å²) in [5, 5.41) is 3.79. The topological polar surface area (TPSA) is 21.3 Å². The third-order valence-corrected chi connectivity index (χ3v) is 3.45. The van der Waals surface area contributed by atoms with Gasteiger partial charge in [-0.2, -0.15) is 0 Å². The first-order chi connectivity index (χ1) is 6.36. The second-order valence-corrected chi connectivity index (χ2v) is 4.60. The maximum atomic E-state index is 5.44. The predicted octanol–water partition coefficient (Wildman–Crippen LogP) is 1.94. The minimum atomic E-state index is 0.703. The lowest BCUT2D eigenvalue weighted by Gasteiger charge is -2.32. The number of hydrogen-bond acceptors (Lipinski definition) is 2. The number of rotatable bonds is 2. The van der Waals surface area contributed by atoms with Gasteiger partial charge in [-0.25, -0.2) is 0 Å². The van der Waals surface area contributed by atoms with Crippen LogP contribution in [0, 0.1) is 5.92 Å². The summed E-state index contributed by atoms with van der Waals surface area (Å²) >= 11 is 0. The molecule has 2 atom stereocenters. The summed E-state index contributed by atoms with van der Waals surface area (Å²) in [6.45, 7) is 4.20. The van der Waals surface area contributed by atoms with E-state index in [-0.39, 0.29) is 0 Å². The molecule has 13 heavy (non-hydrogen) atoms. The van der Waals surface area contributed by atoms with Gasteiger partial charge in [0.05, 0.1) is 6.61 Å². The molecule has 2 heteroatoms. The Balaban J connectivity index is 1.78. The van der Waals surface area contributed by atoms with E-state index in [1.54, 1.807) is 0 Å². The van der Waals surface area contributed by atoms with Crippen LogP contribution in [0.5, 0.6) is 0 Å². The number of ether oxygens (including phenoxy) is 1. The molecule has 2 rings (SSSR count). The average molecular weight is 183 g/mol. The largest absolute Gasteiger partial charge is 0.381 e. The zero-order valence-corrected chi connectivity index (χ0v) is 8.59. The van der Waals surface area contributed by atoms with E-state index in [0.29, 0.717) is 5.92 Å². The van der Waals surface area contributed by atoms with Crippen molar-refractivity contribution in [3.8, 4) is 0 Å². The maximum Gasteiger partial charge on any atom is 0.0506 e. The molecule has 2 aliphatic rings. The van der Waals surface area contributed by atoms with Crippen LogP contribution in [0.2, 0.25) is 0 Å². The Morgan fingerprint density at radius 3 is 2.62 bits per heavy atom. The molecule has 2 nitrogen and oxygen atoms in total. The molecular formula is C11H21NO. The van der Waals surface area contributed by atoms with Crippen LogP contribution in [0.25, 0.3) is 0 Å². The Hall–Kier alpha value is -0.0800. The van der Waals surface area contributed by atoms with Crippen molar-refractivity contribution in [2.24, 2.45) is 5.92 Å². The zero-order chi connectivity index (χ0) is 9.10. The lowest BCUT2D eigenvalue weighted by molar-refractivity contribution is 0.0360. The van der Waals surface area contributed by atoms with Crippen LogP contribution in [0.15, 0.2) is 0 Å². The highest BCUT2D eigenvalue weighted by Gasteiger charge is 2.25. The smallest absolute Gasteiger partial charge is 0.0506 e. The summed E-state index contributed by atoms with van der Waals surface area (Å²) in [6, 6.07) is 1.53. The molecule has 0 bridgehead atoms. The first-order valence-corrected chi connectivity index (χ1v) is 5.70. The fraction of sp³-hybridized carbons (Fsp3) is 1.00. The molecule has 1 aliphatic carbocycles. The van der Waals surface area contributed by atoms with Gasteiger partial charge in [0.2, 0.25) is 0 Å². The average Bonchev–Trinajstić information content (AvgIpc) is 2.61. The van der Waals surface area contributed by atoms with Gasteiger partial charge < -0.3 is 10.1 Å². The van der Waals surface area contributed by atoms with E-state index < -0.39 is 0 Å². The highest BCUT2D eigenvalue weighted by atomic mass is 16.5. The molecule has 2 unspecified atom stereocenters. The highest BCUT2D eigenvalue weighted by Crippen LogP contribution is 2.21. The Morgan fingerprint density at radius 1 is 1.15 bits per heavy atom. The normalized spacial score (nSPS) is 36.7. The van der Waals surface area contributed by atoms with Crippen molar-refractivity contribution in [1.82, 2.24) is 5.32 Å². The first kappa shape index (κ1) is 9.47. The van der Waals surface area contributed by atoms with E-state index in [2.05, 4.69) is 12.2 Å². The standard InChI is InChI=1S/C11H21NO/c1-9-8-13-7-6-11(9)12-10-4-2-3-5-10/h9-12H,2-8H2,1H3. The summed E-state index contributed by atoms with van der Waals surface area (Å²) in [4.78, 5) is 0. The lowest BCUT2D eigenvalue weighted by atomic mass is 9.97. The Morgan fingerprint density at radius 2 is 1.92 bits per heavy atom. The van der Waals surface area contributed by atoms with E-state index >= 15 is 0 Å². The van der Waals surface area contributed by atoms with Gasteiger partial charge in [0.25, 0.3) is 0 Å². The van der Waals surface area contributed by atoms with Gasteiger partial charge >= 0.3 is 0 Å². The van der Waals surface area contributed by atoms with Crippen LogP contribution in [0.3, 0.4) is 0 Å². The molecule has 0 aromatic carbocycles. The Bertz CT molecular complexity index is 154. The number of hydrogen-bond donors (Lipinski definition) is 1. The van der Waals surface area contributed by atoms with Crippen molar-refractivity contribution in [2.75, 3.05) is 13.2 Å². The van der Waals surface area contributed by atoms with Crippen LogP contribution >= 0.6 is 0 Å². The quantitative estimate of drug-likeness (QED) is 0.706. The molecule has 1 heterocycles. The molecular weight excluding hydrogens is 162 g/mol. The molecule has 76 valence electrons. The molecule has 0 amide bonds. The van der Waals surface area contributed by atoms with E-state index in [9.17, 15) is 0 Å². The molecule has 1 aliphatic heterocycles. The molecule has 0 spiro atoms. The summed E-state index contributed by atoms with van der Waals surface area (Å²) in [5.41, 5.74) is 0. The minimum absolute atomic E-state index is 0.703. The predicted molar refractivity (Wildman–Crippen MR) is 53.8 cm³/mol. The highest BCUT2D eigenvalue weighted by molar-refractivity contribution is 4.83. The van der Waals surface area contributed by atoms with E-state index in [4.69, 9.17) is 4.74 Å². The molecule has 1 saturated heterocycles. The minimum Gasteiger partial charge on any atom is -0.381 e. The Labute approximate surface area is 81.0 Å².